The van der Waals surface area contributed by atoms with Crippen molar-refractivity contribution in [3.05, 3.63) is 53.2 Å². The summed E-state index contributed by atoms with van der Waals surface area (Å²) in [5.41, 5.74) is 2.67. The van der Waals surface area contributed by atoms with Crippen molar-refractivity contribution in [3.8, 4) is 0 Å². The molecule has 2 aromatic heterocycles. The number of anilines is 1. The Morgan fingerprint density at radius 2 is 1.87 bits per heavy atom. The summed E-state index contributed by atoms with van der Waals surface area (Å²) >= 11 is 0. The maximum absolute atomic E-state index is 15.4. The molecule has 2 fully saturated rings. The van der Waals surface area contributed by atoms with Crippen molar-refractivity contribution in [1.82, 2.24) is 14.8 Å². The van der Waals surface area contributed by atoms with Crippen molar-refractivity contribution in [2.24, 2.45) is 5.92 Å². The molecule has 0 spiro atoms. The summed E-state index contributed by atoms with van der Waals surface area (Å²) in [6.45, 7) is 2.46. The molecule has 6 rings (SSSR count). The van der Waals surface area contributed by atoms with E-state index in [9.17, 15) is 5.11 Å². The van der Waals surface area contributed by atoms with Crippen molar-refractivity contribution >= 4 is 16.6 Å². The lowest BCUT2D eigenvalue weighted by Gasteiger charge is -2.36. The molecule has 0 bridgehead atoms. The molecule has 1 aromatic carbocycles. The van der Waals surface area contributed by atoms with Crippen LogP contribution in [0, 0.1) is 11.9 Å². The topological polar surface area (TPSA) is 81.9 Å². The van der Waals surface area contributed by atoms with Crippen LogP contribution < -0.4 is 4.90 Å². The summed E-state index contributed by atoms with van der Waals surface area (Å²) in [7, 11) is 3.38. The Kier molecular flexibility index (Phi) is 7.59. The fourth-order valence-corrected chi connectivity index (χ4v) is 6.85. The number of rotatable bonds is 6. The lowest BCUT2D eigenvalue weighted by atomic mass is 9.83. The highest BCUT2D eigenvalue weighted by Gasteiger charge is 2.38. The number of halogens is 1. The molecule has 1 N–H and O–H groups in total. The Morgan fingerprint density at radius 3 is 2.56 bits per heavy atom. The van der Waals surface area contributed by atoms with Crippen LogP contribution in [-0.4, -0.2) is 60.1 Å². The van der Waals surface area contributed by atoms with E-state index in [1.54, 1.807) is 18.9 Å². The second kappa shape index (κ2) is 11.1. The van der Waals surface area contributed by atoms with Crippen LogP contribution in [-0.2, 0) is 26.2 Å². The number of benzene rings is 1. The van der Waals surface area contributed by atoms with E-state index in [1.807, 2.05) is 30.5 Å². The number of fused-ring (bicyclic) bond motifs is 3. The molecule has 210 valence electrons. The molecule has 2 saturated heterocycles. The first-order chi connectivity index (χ1) is 19.0. The van der Waals surface area contributed by atoms with Gasteiger partial charge in [-0.15, -0.1) is 5.10 Å². The average molecular weight is 539 g/mol. The van der Waals surface area contributed by atoms with E-state index >= 15 is 4.39 Å². The van der Waals surface area contributed by atoms with E-state index in [-0.39, 0.29) is 12.5 Å². The Labute approximate surface area is 229 Å². The van der Waals surface area contributed by atoms with Crippen LogP contribution in [0.3, 0.4) is 0 Å². The van der Waals surface area contributed by atoms with Gasteiger partial charge in [0.2, 0.25) is 5.95 Å². The summed E-state index contributed by atoms with van der Waals surface area (Å²) in [5.74, 6) is -0.117. The molecule has 8 nitrogen and oxygen atoms in total. The van der Waals surface area contributed by atoms with Crippen molar-refractivity contribution in [2.45, 2.75) is 75.9 Å². The highest BCUT2D eigenvalue weighted by atomic mass is 19.1. The Hall–Kier alpha value is -2.59. The molecular weight excluding hydrogens is 499 g/mol. The van der Waals surface area contributed by atoms with Gasteiger partial charge >= 0.3 is 0 Å². The van der Waals surface area contributed by atoms with Gasteiger partial charge in [0.15, 0.2) is 12.5 Å². The van der Waals surface area contributed by atoms with Gasteiger partial charge in [-0.05, 0) is 87.1 Å². The van der Waals surface area contributed by atoms with Gasteiger partial charge < -0.3 is 24.2 Å². The maximum Gasteiger partial charge on any atom is 0.240 e. The number of hydrogen-bond donors (Lipinski definition) is 1. The van der Waals surface area contributed by atoms with E-state index in [4.69, 9.17) is 19.2 Å². The van der Waals surface area contributed by atoms with Gasteiger partial charge in [-0.3, -0.25) is 4.98 Å². The van der Waals surface area contributed by atoms with Gasteiger partial charge in [0, 0.05) is 39.8 Å². The number of hydrogen-bond acceptors (Lipinski definition) is 7. The zero-order valence-electron chi connectivity index (χ0n) is 22.9. The minimum absolute atomic E-state index is 0.171. The van der Waals surface area contributed by atoms with Crippen LogP contribution >= 0.6 is 0 Å². The number of aromatic nitrogens is 3. The van der Waals surface area contributed by atoms with Crippen molar-refractivity contribution in [2.75, 3.05) is 38.8 Å². The Balaban J connectivity index is 1.29. The van der Waals surface area contributed by atoms with Crippen molar-refractivity contribution in [1.29, 1.82) is 0 Å². The predicted octanol–water partition coefficient (Wildman–Crippen LogP) is 5.07. The predicted molar refractivity (Wildman–Crippen MR) is 146 cm³/mol. The molecule has 4 heterocycles. The number of methoxy groups -OCH3 is 2. The summed E-state index contributed by atoms with van der Waals surface area (Å²) in [6, 6.07) is 7.83. The van der Waals surface area contributed by atoms with E-state index in [0.717, 1.165) is 80.4 Å². The molecule has 39 heavy (non-hydrogen) atoms. The summed E-state index contributed by atoms with van der Waals surface area (Å²) in [4.78, 5) is 7.10. The van der Waals surface area contributed by atoms with Gasteiger partial charge in [0.05, 0.1) is 28.5 Å². The van der Waals surface area contributed by atoms with Gasteiger partial charge in [-0.1, -0.05) is 6.07 Å². The zero-order valence-corrected chi connectivity index (χ0v) is 22.9. The standard InChI is InChI=1S/C30H39FN4O4/c1-37-29(38-2)20-13-16-34(17-14-20)21-9-12-25(32-19-21)30(36)15-5-3-7-22-23(30)10-11-24-27(22)28(31)33-35(24)26-8-4-6-18-39-26/h9-12,19-20,26,29,36H,3-8,13-18H2,1-2H3. The molecule has 3 aliphatic rings. The monoisotopic (exact) mass is 538 g/mol. The van der Waals surface area contributed by atoms with Gasteiger partial charge in [-0.25, -0.2) is 4.68 Å². The number of nitrogens with zero attached hydrogens (tertiary/aromatic N) is 4. The normalized spacial score (nSPS) is 24.7. The zero-order chi connectivity index (χ0) is 27.0. The molecule has 9 heteroatoms. The first kappa shape index (κ1) is 26.6. The summed E-state index contributed by atoms with van der Waals surface area (Å²) in [6.07, 6.45) is 9.22. The highest BCUT2D eigenvalue weighted by molar-refractivity contribution is 5.85. The van der Waals surface area contributed by atoms with Gasteiger partial charge in [-0.2, -0.15) is 4.39 Å². The number of pyridine rings is 1. The number of aliphatic hydroxyl groups is 1. The van der Waals surface area contributed by atoms with Crippen LogP contribution in [0.25, 0.3) is 10.9 Å². The van der Waals surface area contributed by atoms with Crippen LogP contribution in [0.2, 0.25) is 0 Å². The third kappa shape index (κ3) is 4.84. The molecule has 2 aliphatic heterocycles. The summed E-state index contributed by atoms with van der Waals surface area (Å²) < 4.78 is 34.0. The fourth-order valence-electron chi connectivity index (χ4n) is 6.85. The minimum Gasteiger partial charge on any atom is -0.379 e. The third-order valence-electron chi connectivity index (χ3n) is 8.95. The highest BCUT2D eigenvalue weighted by Crippen LogP contribution is 2.43. The lowest BCUT2D eigenvalue weighted by Crippen LogP contribution is -2.39. The van der Waals surface area contributed by atoms with Crippen LogP contribution in [0.1, 0.15) is 74.4 Å². The molecular formula is C30H39FN4O4. The first-order valence-electron chi connectivity index (χ1n) is 14.3. The molecule has 0 amide bonds. The minimum atomic E-state index is -1.29. The molecule has 2 unspecified atom stereocenters. The molecule has 0 saturated carbocycles. The molecule has 3 aromatic rings. The molecule has 1 aliphatic carbocycles. The number of piperidine rings is 1. The van der Waals surface area contributed by atoms with Crippen LogP contribution in [0.4, 0.5) is 10.1 Å². The smallest absolute Gasteiger partial charge is 0.240 e. The quantitative estimate of drug-likeness (QED) is 0.347. The second-order valence-corrected chi connectivity index (χ2v) is 11.2. The van der Waals surface area contributed by atoms with Crippen molar-refractivity contribution in [3.63, 3.8) is 0 Å². The molecule has 2 atom stereocenters. The van der Waals surface area contributed by atoms with E-state index in [1.165, 1.54) is 0 Å². The SMILES string of the molecule is COC(OC)C1CCN(c2ccc(C3(O)CCCCc4c3ccc3c4c(F)nn3C3CCCCO3)nc2)CC1. The summed E-state index contributed by atoms with van der Waals surface area (Å²) in [5, 5.41) is 16.9. The molecule has 0 radical (unpaired) electrons. The van der Waals surface area contributed by atoms with Gasteiger partial charge in [0.1, 0.15) is 5.60 Å². The first-order valence-corrected chi connectivity index (χ1v) is 14.3. The fraction of sp³-hybridized carbons (Fsp3) is 0.600. The average Bonchev–Trinajstić information content (AvgIpc) is 3.23. The second-order valence-electron chi connectivity index (χ2n) is 11.2. The van der Waals surface area contributed by atoms with E-state index in [2.05, 4.69) is 10.00 Å². The van der Waals surface area contributed by atoms with E-state index in [0.29, 0.717) is 36.4 Å². The third-order valence-corrected chi connectivity index (χ3v) is 8.95. The van der Waals surface area contributed by atoms with Crippen LogP contribution in [0.5, 0.6) is 0 Å². The number of ether oxygens (including phenoxy) is 3. The largest absolute Gasteiger partial charge is 0.379 e. The maximum atomic E-state index is 15.4. The number of aryl methyl sites for hydroxylation is 1. The Morgan fingerprint density at radius 1 is 1.05 bits per heavy atom. The van der Waals surface area contributed by atoms with Crippen LogP contribution in [0.15, 0.2) is 30.5 Å². The van der Waals surface area contributed by atoms with Gasteiger partial charge in [0.25, 0.3) is 0 Å². The van der Waals surface area contributed by atoms with E-state index < -0.39 is 11.5 Å². The van der Waals surface area contributed by atoms with Crippen molar-refractivity contribution < 1.29 is 23.7 Å². The lowest BCUT2D eigenvalue weighted by molar-refractivity contribution is -0.141. The Bertz CT molecular complexity index is 1280.